The summed E-state index contributed by atoms with van der Waals surface area (Å²) in [6.45, 7) is 2.51. The second kappa shape index (κ2) is 7.58. The van der Waals surface area contributed by atoms with Gasteiger partial charge in [0.2, 0.25) is 0 Å². The Morgan fingerprint density at radius 3 is 2.50 bits per heavy atom. The van der Waals surface area contributed by atoms with Gasteiger partial charge in [0.1, 0.15) is 12.3 Å². The summed E-state index contributed by atoms with van der Waals surface area (Å²) in [5.41, 5.74) is 3.55. The van der Waals surface area contributed by atoms with Gasteiger partial charge in [-0.3, -0.25) is 9.69 Å². The monoisotopic (exact) mass is 368 g/mol. The van der Waals surface area contributed by atoms with Crippen LogP contribution in [0.25, 0.3) is 6.08 Å². The van der Waals surface area contributed by atoms with E-state index in [0.717, 1.165) is 11.1 Å². The molecular weight excluding hydrogens is 348 g/mol. The third-order valence-electron chi connectivity index (χ3n) is 4.09. The fourth-order valence-corrected chi connectivity index (χ4v) is 2.72. The van der Waals surface area contributed by atoms with Crippen LogP contribution in [0.1, 0.15) is 16.7 Å². The third-order valence-corrected chi connectivity index (χ3v) is 4.47. The topological polar surface area (TPSA) is 50.8 Å². The molecule has 2 aromatic carbocycles. The van der Waals surface area contributed by atoms with Gasteiger partial charge >= 0.3 is 0 Å². The van der Waals surface area contributed by atoms with Gasteiger partial charge in [0.15, 0.2) is 16.6 Å². The summed E-state index contributed by atoms with van der Waals surface area (Å²) in [5.74, 6) is 1.09. The number of hydrogen-bond acceptors (Lipinski definition) is 4. The second-order valence-electron chi connectivity index (χ2n) is 6.04. The Hall–Kier alpha value is -2.86. The molecule has 1 heterocycles. The molecule has 1 amide bonds. The third kappa shape index (κ3) is 3.86. The van der Waals surface area contributed by atoms with Gasteiger partial charge in [-0.2, -0.15) is 0 Å². The highest BCUT2D eigenvalue weighted by molar-refractivity contribution is 7.80. The molecule has 1 N–H and O–H groups in total. The number of thiocarbonyl (C=S) groups is 1. The highest BCUT2D eigenvalue weighted by Gasteiger charge is 2.26. The summed E-state index contributed by atoms with van der Waals surface area (Å²) >= 11 is 5.08. The molecule has 6 heteroatoms. The predicted octanol–water partition coefficient (Wildman–Crippen LogP) is 3.27. The van der Waals surface area contributed by atoms with E-state index in [2.05, 4.69) is 24.4 Å². The average molecular weight is 368 g/mol. The van der Waals surface area contributed by atoms with Gasteiger partial charge in [-0.1, -0.05) is 35.9 Å². The van der Waals surface area contributed by atoms with Crippen molar-refractivity contribution in [1.29, 1.82) is 0 Å². The van der Waals surface area contributed by atoms with Crippen molar-refractivity contribution in [3.8, 4) is 11.5 Å². The zero-order chi connectivity index (χ0) is 18.7. The molecule has 0 spiro atoms. The number of carbonyl (C=O) groups is 1. The summed E-state index contributed by atoms with van der Waals surface area (Å²) in [4.78, 5) is 13.5. The SMILES string of the molecule is COc1cc(C=C2NC(=S)N(C)C2=O)ccc1OCc1ccc(C)cc1. The number of benzene rings is 2. The molecule has 1 aliphatic rings. The minimum atomic E-state index is -0.159. The standard InChI is InChI=1S/C20H20N2O3S/c1-13-4-6-14(7-5-13)12-25-17-9-8-15(11-18(17)24-3)10-16-19(23)22(2)20(26)21-16/h4-11H,12H2,1-3H3,(H,21,26). The van der Waals surface area contributed by atoms with Crippen molar-refractivity contribution in [3.63, 3.8) is 0 Å². The number of carbonyl (C=O) groups excluding carboxylic acids is 1. The number of aryl methyl sites for hydroxylation is 1. The van der Waals surface area contributed by atoms with Crippen LogP contribution in [0.5, 0.6) is 11.5 Å². The maximum Gasteiger partial charge on any atom is 0.276 e. The lowest BCUT2D eigenvalue weighted by atomic mass is 10.1. The predicted molar refractivity (Wildman–Crippen MR) is 105 cm³/mol. The van der Waals surface area contributed by atoms with Crippen LogP contribution in [0.15, 0.2) is 48.2 Å². The van der Waals surface area contributed by atoms with Crippen LogP contribution in [-0.4, -0.2) is 30.1 Å². The number of nitrogens with one attached hydrogen (secondary N) is 1. The van der Waals surface area contributed by atoms with Gasteiger partial charge < -0.3 is 14.8 Å². The van der Waals surface area contributed by atoms with Crippen LogP contribution in [-0.2, 0) is 11.4 Å². The first kappa shape index (κ1) is 17.9. The summed E-state index contributed by atoms with van der Waals surface area (Å²) in [6.07, 6.45) is 1.74. The molecule has 134 valence electrons. The van der Waals surface area contributed by atoms with E-state index in [0.29, 0.717) is 28.9 Å². The van der Waals surface area contributed by atoms with Crippen LogP contribution in [0.4, 0.5) is 0 Å². The quantitative estimate of drug-likeness (QED) is 0.648. The van der Waals surface area contributed by atoms with Crippen LogP contribution < -0.4 is 14.8 Å². The molecule has 2 aromatic rings. The molecule has 26 heavy (non-hydrogen) atoms. The summed E-state index contributed by atoms with van der Waals surface area (Å²) < 4.78 is 11.3. The number of hydrogen-bond donors (Lipinski definition) is 1. The van der Waals surface area contributed by atoms with E-state index in [4.69, 9.17) is 21.7 Å². The summed E-state index contributed by atoms with van der Waals surface area (Å²) in [7, 11) is 3.23. The van der Waals surface area contributed by atoms with Gasteiger partial charge in [0.05, 0.1) is 7.11 Å². The lowest BCUT2D eigenvalue weighted by Gasteiger charge is -2.12. The lowest BCUT2D eigenvalue weighted by Crippen LogP contribution is -2.25. The largest absolute Gasteiger partial charge is 0.493 e. The molecule has 1 fully saturated rings. The fourth-order valence-electron chi connectivity index (χ4n) is 2.53. The zero-order valence-corrected chi connectivity index (χ0v) is 15.7. The molecule has 0 radical (unpaired) electrons. The zero-order valence-electron chi connectivity index (χ0n) is 14.9. The second-order valence-corrected chi connectivity index (χ2v) is 6.42. The molecule has 0 atom stereocenters. The van der Waals surface area contributed by atoms with E-state index in [-0.39, 0.29) is 5.91 Å². The Labute approximate surface area is 158 Å². The Kier molecular flexibility index (Phi) is 5.23. The number of methoxy groups -OCH3 is 1. The molecule has 0 unspecified atom stereocenters. The molecule has 0 aromatic heterocycles. The van der Waals surface area contributed by atoms with Gasteiger partial charge in [0, 0.05) is 7.05 Å². The van der Waals surface area contributed by atoms with Gasteiger partial charge in [-0.05, 0) is 48.5 Å². The summed E-state index contributed by atoms with van der Waals surface area (Å²) in [5, 5.41) is 3.30. The highest BCUT2D eigenvalue weighted by Crippen LogP contribution is 2.30. The number of likely N-dealkylation sites (N-methyl/N-ethyl adjacent to an activating group) is 1. The Balaban J connectivity index is 1.76. The first-order valence-electron chi connectivity index (χ1n) is 8.15. The summed E-state index contributed by atoms with van der Waals surface area (Å²) in [6, 6.07) is 13.7. The van der Waals surface area contributed by atoms with Crippen LogP contribution in [0.3, 0.4) is 0 Å². The molecule has 3 rings (SSSR count). The van der Waals surface area contributed by atoms with E-state index in [1.54, 1.807) is 20.2 Å². The van der Waals surface area contributed by atoms with E-state index in [9.17, 15) is 4.79 Å². The number of nitrogens with zero attached hydrogens (tertiary/aromatic N) is 1. The van der Waals surface area contributed by atoms with Crippen LogP contribution in [0.2, 0.25) is 0 Å². The maximum atomic E-state index is 12.1. The number of amides is 1. The molecule has 5 nitrogen and oxygen atoms in total. The van der Waals surface area contributed by atoms with Crippen molar-refractivity contribution in [3.05, 3.63) is 64.9 Å². The highest BCUT2D eigenvalue weighted by atomic mass is 32.1. The van der Waals surface area contributed by atoms with E-state index >= 15 is 0 Å². The van der Waals surface area contributed by atoms with Crippen molar-refractivity contribution >= 4 is 29.3 Å². The molecule has 0 saturated carbocycles. The molecule has 0 bridgehead atoms. The Bertz CT molecular complexity index is 875. The van der Waals surface area contributed by atoms with Gasteiger partial charge in [0.25, 0.3) is 5.91 Å². The first-order valence-corrected chi connectivity index (χ1v) is 8.56. The first-order chi connectivity index (χ1) is 12.5. The maximum absolute atomic E-state index is 12.1. The van der Waals surface area contributed by atoms with Crippen molar-refractivity contribution < 1.29 is 14.3 Å². The lowest BCUT2D eigenvalue weighted by molar-refractivity contribution is -0.121. The minimum Gasteiger partial charge on any atom is -0.493 e. The van der Waals surface area contributed by atoms with Gasteiger partial charge in [-0.15, -0.1) is 0 Å². The van der Waals surface area contributed by atoms with E-state index in [1.165, 1.54) is 10.5 Å². The Morgan fingerprint density at radius 2 is 1.88 bits per heavy atom. The van der Waals surface area contributed by atoms with Crippen LogP contribution >= 0.6 is 12.2 Å². The van der Waals surface area contributed by atoms with Crippen molar-refractivity contribution in [2.75, 3.05) is 14.2 Å². The van der Waals surface area contributed by atoms with Gasteiger partial charge in [-0.25, -0.2) is 0 Å². The van der Waals surface area contributed by atoms with Crippen LogP contribution in [0, 0.1) is 6.92 Å². The molecule has 1 saturated heterocycles. The minimum absolute atomic E-state index is 0.159. The van der Waals surface area contributed by atoms with E-state index < -0.39 is 0 Å². The molecule has 1 aliphatic heterocycles. The average Bonchev–Trinajstić information content (AvgIpc) is 2.88. The van der Waals surface area contributed by atoms with Crippen molar-refractivity contribution in [1.82, 2.24) is 10.2 Å². The fraction of sp³-hybridized carbons (Fsp3) is 0.200. The number of rotatable bonds is 5. The normalized spacial score (nSPS) is 15.3. The molecular formula is C20H20N2O3S. The smallest absolute Gasteiger partial charge is 0.276 e. The van der Waals surface area contributed by atoms with Crippen molar-refractivity contribution in [2.45, 2.75) is 13.5 Å². The Morgan fingerprint density at radius 1 is 1.15 bits per heavy atom. The van der Waals surface area contributed by atoms with Crippen molar-refractivity contribution in [2.24, 2.45) is 0 Å². The number of ether oxygens (including phenoxy) is 2. The van der Waals surface area contributed by atoms with E-state index in [1.807, 2.05) is 30.3 Å². The molecule has 0 aliphatic carbocycles.